The summed E-state index contributed by atoms with van der Waals surface area (Å²) in [6.07, 6.45) is 0.676. The highest BCUT2D eigenvalue weighted by atomic mass is 35.5. The van der Waals surface area contributed by atoms with E-state index in [1.807, 2.05) is 13.8 Å². The molecular weight excluding hydrogens is 206 g/mol. The normalized spacial score (nSPS) is 12.6. The third-order valence-electron chi connectivity index (χ3n) is 1.73. The van der Waals surface area contributed by atoms with Crippen LogP contribution >= 0.6 is 11.6 Å². The molecule has 14 heavy (non-hydrogen) atoms. The number of carbonyl (C=O) groups excluding carboxylic acids is 1. The molecule has 4 nitrogen and oxygen atoms in total. The van der Waals surface area contributed by atoms with Crippen LogP contribution in [0.5, 0.6) is 0 Å². The summed E-state index contributed by atoms with van der Waals surface area (Å²) in [5.41, 5.74) is 0. The molecule has 0 rings (SSSR count). The van der Waals surface area contributed by atoms with Crippen LogP contribution in [0.25, 0.3) is 0 Å². The van der Waals surface area contributed by atoms with Crippen molar-refractivity contribution in [1.82, 2.24) is 5.32 Å². The number of rotatable bonds is 6. The molecule has 0 aliphatic carbocycles. The molecule has 1 atom stereocenters. The van der Waals surface area contributed by atoms with Gasteiger partial charge in [-0.3, -0.25) is 9.59 Å². The van der Waals surface area contributed by atoms with Crippen LogP contribution in [-0.2, 0) is 9.59 Å². The first kappa shape index (κ1) is 13.2. The molecule has 0 spiro atoms. The van der Waals surface area contributed by atoms with Crippen molar-refractivity contribution < 1.29 is 14.7 Å². The van der Waals surface area contributed by atoms with Gasteiger partial charge in [-0.1, -0.05) is 13.8 Å². The van der Waals surface area contributed by atoms with Crippen molar-refractivity contribution in [2.45, 2.75) is 20.3 Å². The van der Waals surface area contributed by atoms with E-state index in [9.17, 15) is 9.59 Å². The van der Waals surface area contributed by atoms with Gasteiger partial charge in [-0.05, 0) is 12.3 Å². The van der Waals surface area contributed by atoms with Crippen LogP contribution in [0.15, 0.2) is 0 Å². The number of carboxylic acids is 1. The third kappa shape index (κ3) is 5.80. The molecular formula is C9H16ClNO3. The van der Waals surface area contributed by atoms with Gasteiger partial charge in [0.2, 0.25) is 5.91 Å². The SMILES string of the molecule is CC(C)CC(CCl)C(=O)NCC(=O)O. The predicted molar refractivity (Wildman–Crippen MR) is 54.3 cm³/mol. The minimum atomic E-state index is -1.05. The van der Waals surface area contributed by atoms with Crippen LogP contribution in [0.1, 0.15) is 20.3 Å². The molecule has 0 radical (unpaired) electrons. The summed E-state index contributed by atoms with van der Waals surface area (Å²) in [5.74, 6) is -1.03. The lowest BCUT2D eigenvalue weighted by atomic mass is 9.98. The van der Waals surface area contributed by atoms with Gasteiger partial charge in [0.15, 0.2) is 0 Å². The Balaban J connectivity index is 3.97. The fraction of sp³-hybridized carbons (Fsp3) is 0.778. The molecule has 0 fully saturated rings. The van der Waals surface area contributed by atoms with E-state index in [1.54, 1.807) is 0 Å². The van der Waals surface area contributed by atoms with E-state index < -0.39 is 5.97 Å². The first-order valence-corrected chi connectivity index (χ1v) is 5.06. The van der Waals surface area contributed by atoms with E-state index in [1.165, 1.54) is 0 Å². The van der Waals surface area contributed by atoms with E-state index >= 15 is 0 Å². The van der Waals surface area contributed by atoms with Crippen LogP contribution in [-0.4, -0.2) is 29.4 Å². The van der Waals surface area contributed by atoms with Gasteiger partial charge in [-0.2, -0.15) is 0 Å². The van der Waals surface area contributed by atoms with Gasteiger partial charge in [0.1, 0.15) is 6.54 Å². The number of halogens is 1. The lowest BCUT2D eigenvalue weighted by Crippen LogP contribution is -2.35. The molecule has 0 aromatic carbocycles. The Morgan fingerprint density at radius 1 is 1.43 bits per heavy atom. The molecule has 0 aliphatic heterocycles. The highest BCUT2D eigenvalue weighted by molar-refractivity contribution is 6.19. The van der Waals surface area contributed by atoms with Crippen molar-refractivity contribution in [3.8, 4) is 0 Å². The second-order valence-electron chi connectivity index (χ2n) is 3.59. The minimum Gasteiger partial charge on any atom is -0.480 e. The summed E-state index contributed by atoms with van der Waals surface area (Å²) in [6, 6.07) is 0. The summed E-state index contributed by atoms with van der Waals surface area (Å²) in [6.45, 7) is 3.64. The average Bonchev–Trinajstić information content (AvgIpc) is 2.09. The number of carbonyl (C=O) groups is 2. The molecule has 5 heteroatoms. The molecule has 0 aromatic heterocycles. The predicted octanol–water partition coefficient (Wildman–Crippen LogP) is 1.09. The van der Waals surface area contributed by atoms with E-state index in [4.69, 9.17) is 16.7 Å². The number of carboxylic acid groups (broad SMARTS) is 1. The van der Waals surface area contributed by atoms with Gasteiger partial charge in [-0.25, -0.2) is 0 Å². The summed E-state index contributed by atoms with van der Waals surface area (Å²) in [4.78, 5) is 21.5. The smallest absolute Gasteiger partial charge is 0.322 e. The van der Waals surface area contributed by atoms with Crippen molar-refractivity contribution in [1.29, 1.82) is 0 Å². The molecule has 82 valence electrons. The molecule has 0 aliphatic rings. The quantitative estimate of drug-likeness (QED) is 0.660. The Morgan fingerprint density at radius 3 is 2.36 bits per heavy atom. The highest BCUT2D eigenvalue weighted by Gasteiger charge is 2.18. The molecule has 0 heterocycles. The first-order chi connectivity index (χ1) is 6.47. The topological polar surface area (TPSA) is 66.4 Å². The standard InChI is InChI=1S/C9H16ClNO3/c1-6(2)3-7(4-10)9(14)11-5-8(12)13/h6-7H,3-5H2,1-2H3,(H,11,14)(H,12,13). The fourth-order valence-corrected chi connectivity index (χ4v) is 1.38. The van der Waals surface area contributed by atoms with Crippen molar-refractivity contribution in [3.63, 3.8) is 0 Å². The third-order valence-corrected chi connectivity index (χ3v) is 2.10. The second-order valence-corrected chi connectivity index (χ2v) is 3.90. The van der Waals surface area contributed by atoms with Crippen LogP contribution in [0.2, 0.25) is 0 Å². The number of alkyl halides is 1. The molecule has 0 aromatic rings. The van der Waals surface area contributed by atoms with Crippen LogP contribution < -0.4 is 5.32 Å². The van der Waals surface area contributed by atoms with E-state index in [0.717, 1.165) is 0 Å². The van der Waals surface area contributed by atoms with Crippen LogP contribution in [0.4, 0.5) is 0 Å². The van der Waals surface area contributed by atoms with Crippen molar-refractivity contribution in [2.24, 2.45) is 11.8 Å². The van der Waals surface area contributed by atoms with Gasteiger partial charge in [0, 0.05) is 5.88 Å². The maximum atomic E-state index is 11.4. The van der Waals surface area contributed by atoms with Crippen LogP contribution in [0.3, 0.4) is 0 Å². The monoisotopic (exact) mass is 221 g/mol. The van der Waals surface area contributed by atoms with E-state index in [0.29, 0.717) is 12.3 Å². The summed E-state index contributed by atoms with van der Waals surface area (Å²) in [7, 11) is 0. The summed E-state index contributed by atoms with van der Waals surface area (Å²) < 4.78 is 0. The average molecular weight is 222 g/mol. The number of hydrogen-bond acceptors (Lipinski definition) is 2. The zero-order valence-corrected chi connectivity index (χ0v) is 9.17. The molecule has 2 N–H and O–H groups in total. The number of nitrogens with one attached hydrogen (secondary N) is 1. The van der Waals surface area contributed by atoms with Crippen molar-refractivity contribution in [3.05, 3.63) is 0 Å². The van der Waals surface area contributed by atoms with E-state index in [-0.39, 0.29) is 24.2 Å². The molecule has 0 saturated carbocycles. The minimum absolute atomic E-state index is 0.226. The fourth-order valence-electron chi connectivity index (χ4n) is 1.12. The number of amides is 1. The maximum absolute atomic E-state index is 11.4. The number of aliphatic carboxylic acids is 1. The Labute approximate surface area is 88.6 Å². The molecule has 0 bridgehead atoms. The Morgan fingerprint density at radius 2 is 2.00 bits per heavy atom. The summed E-state index contributed by atoms with van der Waals surface area (Å²) >= 11 is 5.61. The zero-order valence-electron chi connectivity index (χ0n) is 8.42. The summed E-state index contributed by atoms with van der Waals surface area (Å²) in [5, 5.41) is 10.7. The lowest BCUT2D eigenvalue weighted by molar-refractivity contribution is -0.138. The second kappa shape index (κ2) is 6.65. The van der Waals surface area contributed by atoms with Gasteiger partial charge in [0.05, 0.1) is 5.92 Å². The van der Waals surface area contributed by atoms with Gasteiger partial charge in [-0.15, -0.1) is 11.6 Å². The molecule has 1 unspecified atom stereocenters. The zero-order chi connectivity index (χ0) is 11.1. The Kier molecular flexibility index (Phi) is 6.28. The maximum Gasteiger partial charge on any atom is 0.322 e. The Bertz CT molecular complexity index is 206. The van der Waals surface area contributed by atoms with Crippen LogP contribution in [0, 0.1) is 11.8 Å². The largest absolute Gasteiger partial charge is 0.480 e. The van der Waals surface area contributed by atoms with E-state index in [2.05, 4.69) is 5.32 Å². The van der Waals surface area contributed by atoms with Gasteiger partial charge < -0.3 is 10.4 Å². The van der Waals surface area contributed by atoms with Gasteiger partial charge in [0.25, 0.3) is 0 Å². The van der Waals surface area contributed by atoms with Gasteiger partial charge >= 0.3 is 5.97 Å². The van der Waals surface area contributed by atoms with Crippen molar-refractivity contribution in [2.75, 3.05) is 12.4 Å². The lowest BCUT2D eigenvalue weighted by Gasteiger charge is -2.14. The highest BCUT2D eigenvalue weighted by Crippen LogP contribution is 2.13. The molecule has 0 saturated heterocycles. The first-order valence-electron chi connectivity index (χ1n) is 4.52. The van der Waals surface area contributed by atoms with Crippen molar-refractivity contribution >= 4 is 23.5 Å². The number of hydrogen-bond donors (Lipinski definition) is 2. The molecule has 1 amide bonds. The Hall–Kier alpha value is -0.770.